The molecule has 2 N–H and O–H groups in total. The molecule has 1 heterocycles. The number of rotatable bonds is 4. The number of anilines is 1. The van der Waals surface area contributed by atoms with Gasteiger partial charge >= 0.3 is 0 Å². The lowest BCUT2D eigenvalue weighted by Gasteiger charge is -2.02. The second kappa shape index (κ2) is 5.65. The summed E-state index contributed by atoms with van der Waals surface area (Å²) < 4.78 is 12.7. The summed E-state index contributed by atoms with van der Waals surface area (Å²) in [5.41, 5.74) is 1.73. The molecule has 0 radical (unpaired) electrons. The van der Waals surface area contributed by atoms with Crippen LogP contribution in [0, 0.1) is 5.82 Å². The zero-order valence-corrected chi connectivity index (χ0v) is 10.9. The Morgan fingerprint density at radius 3 is 2.63 bits per heavy atom. The molecular weight excluding hydrogens is 245 g/mol. The van der Waals surface area contributed by atoms with Crippen LogP contribution in [0.15, 0.2) is 30.3 Å². The third kappa shape index (κ3) is 3.64. The minimum atomic E-state index is -0.307. The number of halogens is 1. The lowest BCUT2D eigenvalue weighted by atomic mass is 10.1. The van der Waals surface area contributed by atoms with Gasteiger partial charge in [0.1, 0.15) is 5.82 Å². The molecule has 0 fully saturated rings. The third-order valence-corrected chi connectivity index (χ3v) is 2.77. The van der Waals surface area contributed by atoms with Crippen LogP contribution in [-0.2, 0) is 11.2 Å². The Balaban J connectivity index is 1.95. The quantitative estimate of drug-likeness (QED) is 0.889. The first-order valence-electron chi connectivity index (χ1n) is 6.14. The molecule has 4 nitrogen and oxygen atoms in total. The van der Waals surface area contributed by atoms with Gasteiger partial charge in [-0.1, -0.05) is 26.0 Å². The number of benzene rings is 1. The maximum absolute atomic E-state index is 12.7. The summed E-state index contributed by atoms with van der Waals surface area (Å²) >= 11 is 0. The SMILES string of the molecule is CC(C)c1cc(NC(=O)Cc2ccc(F)cc2)n[nH]1. The number of nitrogens with zero attached hydrogens (tertiary/aromatic N) is 1. The molecular formula is C14H16FN3O. The number of aromatic amines is 1. The second-order valence-electron chi connectivity index (χ2n) is 4.71. The number of hydrogen-bond donors (Lipinski definition) is 2. The van der Waals surface area contributed by atoms with Crippen LogP contribution in [0.5, 0.6) is 0 Å². The molecule has 0 aliphatic rings. The van der Waals surface area contributed by atoms with E-state index in [0.29, 0.717) is 11.7 Å². The Morgan fingerprint density at radius 2 is 2.05 bits per heavy atom. The van der Waals surface area contributed by atoms with Crippen molar-refractivity contribution in [3.63, 3.8) is 0 Å². The van der Waals surface area contributed by atoms with E-state index in [4.69, 9.17) is 0 Å². The summed E-state index contributed by atoms with van der Waals surface area (Å²) in [6, 6.07) is 7.69. The first-order valence-corrected chi connectivity index (χ1v) is 6.14. The van der Waals surface area contributed by atoms with Gasteiger partial charge in [-0.2, -0.15) is 5.10 Å². The van der Waals surface area contributed by atoms with Crippen molar-refractivity contribution in [3.8, 4) is 0 Å². The molecule has 0 aliphatic carbocycles. The van der Waals surface area contributed by atoms with Gasteiger partial charge < -0.3 is 5.32 Å². The van der Waals surface area contributed by atoms with Gasteiger partial charge in [-0.05, 0) is 23.6 Å². The standard InChI is InChI=1S/C14H16FN3O/c1-9(2)12-8-13(18-17-12)16-14(19)7-10-3-5-11(15)6-4-10/h3-6,8-9H,7H2,1-2H3,(H2,16,17,18,19). The summed E-state index contributed by atoms with van der Waals surface area (Å²) in [7, 11) is 0. The van der Waals surface area contributed by atoms with Crippen molar-refractivity contribution in [1.29, 1.82) is 0 Å². The van der Waals surface area contributed by atoms with Gasteiger partial charge in [0.2, 0.25) is 5.91 Å². The van der Waals surface area contributed by atoms with Crippen LogP contribution < -0.4 is 5.32 Å². The van der Waals surface area contributed by atoms with Crippen molar-refractivity contribution >= 4 is 11.7 Å². The Hall–Kier alpha value is -2.17. The molecule has 0 spiro atoms. The fourth-order valence-electron chi connectivity index (χ4n) is 1.67. The number of carbonyl (C=O) groups excluding carboxylic acids is 1. The number of carbonyl (C=O) groups is 1. The van der Waals surface area contributed by atoms with E-state index in [-0.39, 0.29) is 18.1 Å². The van der Waals surface area contributed by atoms with Crippen molar-refractivity contribution in [3.05, 3.63) is 47.4 Å². The summed E-state index contributed by atoms with van der Waals surface area (Å²) in [6.07, 6.45) is 0.199. The monoisotopic (exact) mass is 261 g/mol. The highest BCUT2D eigenvalue weighted by atomic mass is 19.1. The average Bonchev–Trinajstić information content (AvgIpc) is 2.80. The van der Waals surface area contributed by atoms with E-state index in [1.165, 1.54) is 12.1 Å². The number of amides is 1. The summed E-state index contributed by atoms with van der Waals surface area (Å²) in [5, 5.41) is 9.59. The highest BCUT2D eigenvalue weighted by molar-refractivity contribution is 5.91. The van der Waals surface area contributed by atoms with Crippen molar-refractivity contribution in [2.24, 2.45) is 0 Å². The Bertz CT molecular complexity index is 560. The molecule has 0 unspecified atom stereocenters. The molecule has 2 rings (SSSR count). The lowest BCUT2D eigenvalue weighted by Crippen LogP contribution is -2.14. The van der Waals surface area contributed by atoms with E-state index in [1.54, 1.807) is 12.1 Å². The Kier molecular flexibility index (Phi) is 3.94. The van der Waals surface area contributed by atoms with Crippen LogP contribution in [-0.4, -0.2) is 16.1 Å². The van der Waals surface area contributed by atoms with Gasteiger partial charge in [0.25, 0.3) is 0 Å². The molecule has 0 saturated heterocycles. The molecule has 2 aromatic rings. The van der Waals surface area contributed by atoms with Crippen LogP contribution in [0.25, 0.3) is 0 Å². The molecule has 1 aromatic heterocycles. The van der Waals surface area contributed by atoms with Crippen molar-refractivity contribution < 1.29 is 9.18 Å². The molecule has 0 aliphatic heterocycles. The highest BCUT2D eigenvalue weighted by Crippen LogP contribution is 2.15. The van der Waals surface area contributed by atoms with Gasteiger partial charge in [0.05, 0.1) is 6.42 Å². The van der Waals surface area contributed by atoms with Crippen LogP contribution in [0.1, 0.15) is 31.0 Å². The predicted octanol–water partition coefficient (Wildman–Crippen LogP) is 2.85. The maximum Gasteiger partial charge on any atom is 0.229 e. The average molecular weight is 261 g/mol. The minimum Gasteiger partial charge on any atom is -0.309 e. The van der Waals surface area contributed by atoms with Gasteiger partial charge in [-0.15, -0.1) is 0 Å². The first-order chi connectivity index (χ1) is 9.04. The third-order valence-electron chi connectivity index (χ3n) is 2.77. The predicted molar refractivity (Wildman–Crippen MR) is 71.4 cm³/mol. The number of hydrogen-bond acceptors (Lipinski definition) is 2. The van der Waals surface area contributed by atoms with Gasteiger partial charge in [-0.3, -0.25) is 9.89 Å². The first kappa shape index (κ1) is 13.3. The second-order valence-corrected chi connectivity index (χ2v) is 4.71. The molecule has 1 amide bonds. The Morgan fingerprint density at radius 1 is 1.37 bits per heavy atom. The molecule has 0 atom stereocenters. The largest absolute Gasteiger partial charge is 0.309 e. The van der Waals surface area contributed by atoms with Gasteiger partial charge in [0, 0.05) is 11.8 Å². The number of nitrogens with one attached hydrogen (secondary N) is 2. The van der Waals surface area contributed by atoms with Crippen LogP contribution >= 0.6 is 0 Å². The van der Waals surface area contributed by atoms with Crippen LogP contribution in [0.2, 0.25) is 0 Å². The van der Waals surface area contributed by atoms with Crippen molar-refractivity contribution in [1.82, 2.24) is 10.2 Å². The van der Waals surface area contributed by atoms with Crippen LogP contribution in [0.4, 0.5) is 10.2 Å². The molecule has 100 valence electrons. The van der Waals surface area contributed by atoms with E-state index in [1.807, 2.05) is 19.9 Å². The lowest BCUT2D eigenvalue weighted by molar-refractivity contribution is -0.115. The zero-order chi connectivity index (χ0) is 13.8. The zero-order valence-electron chi connectivity index (χ0n) is 10.9. The normalized spacial score (nSPS) is 10.7. The molecule has 0 saturated carbocycles. The summed E-state index contributed by atoms with van der Waals surface area (Å²) in [6.45, 7) is 4.08. The molecule has 19 heavy (non-hydrogen) atoms. The minimum absolute atomic E-state index is 0.173. The highest BCUT2D eigenvalue weighted by Gasteiger charge is 2.08. The molecule has 0 bridgehead atoms. The fraction of sp³-hybridized carbons (Fsp3) is 0.286. The van der Waals surface area contributed by atoms with Crippen molar-refractivity contribution in [2.45, 2.75) is 26.2 Å². The van der Waals surface area contributed by atoms with E-state index in [2.05, 4.69) is 15.5 Å². The van der Waals surface area contributed by atoms with E-state index in [0.717, 1.165) is 11.3 Å². The summed E-state index contributed by atoms with van der Waals surface area (Å²) in [4.78, 5) is 11.8. The van der Waals surface area contributed by atoms with E-state index in [9.17, 15) is 9.18 Å². The topological polar surface area (TPSA) is 57.8 Å². The van der Waals surface area contributed by atoms with Gasteiger partial charge in [0.15, 0.2) is 5.82 Å². The number of aromatic nitrogens is 2. The van der Waals surface area contributed by atoms with E-state index >= 15 is 0 Å². The van der Waals surface area contributed by atoms with Crippen LogP contribution in [0.3, 0.4) is 0 Å². The fourth-order valence-corrected chi connectivity index (χ4v) is 1.67. The van der Waals surface area contributed by atoms with Gasteiger partial charge in [-0.25, -0.2) is 4.39 Å². The van der Waals surface area contributed by atoms with Crippen molar-refractivity contribution in [2.75, 3.05) is 5.32 Å². The smallest absolute Gasteiger partial charge is 0.229 e. The molecule has 5 heteroatoms. The maximum atomic E-state index is 12.7. The Labute approximate surface area is 111 Å². The van der Waals surface area contributed by atoms with E-state index < -0.39 is 0 Å². The summed E-state index contributed by atoms with van der Waals surface area (Å²) in [5.74, 6) is 0.359. The number of H-pyrrole nitrogens is 1. The molecule has 1 aromatic carbocycles.